The number of nitrogens with one attached hydrogen (secondary N) is 1. The Morgan fingerprint density at radius 3 is 2.44 bits per heavy atom. The van der Waals surface area contributed by atoms with Crippen LogP contribution in [-0.4, -0.2) is 60.5 Å². The molecule has 1 N–H and O–H groups in total. The molecule has 0 radical (unpaired) electrons. The topological polar surface area (TPSA) is 79.8 Å². The second-order valence-corrected chi connectivity index (χ2v) is 7.85. The van der Waals surface area contributed by atoms with Crippen molar-refractivity contribution in [3.05, 3.63) is 60.2 Å². The lowest BCUT2D eigenvalue weighted by Crippen LogP contribution is -2.50. The van der Waals surface area contributed by atoms with E-state index < -0.39 is 0 Å². The van der Waals surface area contributed by atoms with Crippen molar-refractivity contribution < 1.29 is 14.3 Å². The molecule has 164 valence electrons. The number of hydrogen-bond donors (Lipinski definition) is 1. The second-order valence-electron chi connectivity index (χ2n) is 7.85. The Labute approximate surface area is 186 Å². The fraction of sp³-hybridized carbons (Fsp3) is 0.292. The zero-order valence-corrected chi connectivity index (χ0v) is 18.0. The highest BCUT2D eigenvalue weighted by Gasteiger charge is 2.23. The van der Waals surface area contributed by atoms with Gasteiger partial charge in [-0.3, -0.25) is 0 Å². The number of benzene rings is 2. The van der Waals surface area contributed by atoms with Crippen molar-refractivity contribution in [2.45, 2.75) is 6.92 Å². The summed E-state index contributed by atoms with van der Waals surface area (Å²) in [5, 5.41) is 11.8. The summed E-state index contributed by atoms with van der Waals surface area (Å²) in [6, 6.07) is 17.5. The SMILES string of the molecule is Cc1ccccc1-c1ccc(N2CCN(C(=O)Nc3ccc4c(c3)OCCO4)CC2)nn1. The van der Waals surface area contributed by atoms with Crippen molar-refractivity contribution in [3.63, 3.8) is 0 Å². The third-order valence-corrected chi connectivity index (χ3v) is 5.76. The molecular weight excluding hydrogens is 406 g/mol. The van der Waals surface area contributed by atoms with Gasteiger partial charge in [-0.1, -0.05) is 24.3 Å². The molecule has 2 aliphatic rings. The molecular formula is C24H25N5O3. The van der Waals surface area contributed by atoms with Crippen LogP contribution >= 0.6 is 0 Å². The summed E-state index contributed by atoms with van der Waals surface area (Å²) in [6.07, 6.45) is 0. The fourth-order valence-corrected chi connectivity index (χ4v) is 3.96. The lowest BCUT2D eigenvalue weighted by atomic mass is 10.1. The third kappa shape index (κ3) is 4.16. The average molecular weight is 431 g/mol. The number of amides is 2. The van der Waals surface area contributed by atoms with Gasteiger partial charge in [0.05, 0.1) is 5.69 Å². The van der Waals surface area contributed by atoms with Gasteiger partial charge in [-0.05, 0) is 36.8 Å². The van der Waals surface area contributed by atoms with E-state index in [1.54, 1.807) is 6.07 Å². The van der Waals surface area contributed by atoms with Crippen molar-refractivity contribution in [2.75, 3.05) is 49.6 Å². The van der Waals surface area contributed by atoms with Crippen molar-refractivity contribution in [2.24, 2.45) is 0 Å². The van der Waals surface area contributed by atoms with E-state index in [1.807, 2.05) is 41.3 Å². The van der Waals surface area contributed by atoms with E-state index in [0.717, 1.165) is 17.1 Å². The molecule has 2 aliphatic heterocycles. The highest BCUT2D eigenvalue weighted by atomic mass is 16.6. The molecule has 2 aromatic carbocycles. The quantitative estimate of drug-likeness (QED) is 0.683. The van der Waals surface area contributed by atoms with Crippen LogP contribution in [-0.2, 0) is 0 Å². The largest absolute Gasteiger partial charge is 0.486 e. The average Bonchev–Trinajstić information content (AvgIpc) is 2.84. The summed E-state index contributed by atoms with van der Waals surface area (Å²) >= 11 is 0. The fourth-order valence-electron chi connectivity index (χ4n) is 3.96. The Bertz CT molecular complexity index is 1110. The molecule has 0 atom stereocenters. The van der Waals surface area contributed by atoms with E-state index in [2.05, 4.69) is 39.5 Å². The van der Waals surface area contributed by atoms with Crippen molar-refractivity contribution in [3.8, 4) is 22.8 Å². The minimum Gasteiger partial charge on any atom is -0.486 e. The Kier molecular flexibility index (Phi) is 5.49. The molecule has 3 aromatic rings. The van der Waals surface area contributed by atoms with Crippen LogP contribution in [0, 0.1) is 6.92 Å². The number of fused-ring (bicyclic) bond motifs is 1. The van der Waals surface area contributed by atoms with Crippen LogP contribution in [0.2, 0.25) is 0 Å². The van der Waals surface area contributed by atoms with Crippen LogP contribution in [0.25, 0.3) is 11.3 Å². The third-order valence-electron chi connectivity index (χ3n) is 5.76. The minimum atomic E-state index is -0.123. The van der Waals surface area contributed by atoms with Gasteiger partial charge in [0.1, 0.15) is 13.2 Å². The lowest BCUT2D eigenvalue weighted by Gasteiger charge is -2.35. The molecule has 1 fully saturated rings. The van der Waals surface area contributed by atoms with Crippen molar-refractivity contribution >= 4 is 17.5 Å². The molecule has 0 aliphatic carbocycles. The van der Waals surface area contributed by atoms with Gasteiger partial charge in [-0.2, -0.15) is 0 Å². The standard InChI is InChI=1S/C24H25N5O3/c1-17-4-2-3-5-19(17)20-7-9-23(27-26-20)28-10-12-29(13-11-28)24(30)25-18-6-8-21-22(16-18)32-15-14-31-21/h2-9,16H,10-15H2,1H3,(H,25,30). The predicted molar refractivity (Wildman–Crippen MR) is 122 cm³/mol. The van der Waals surface area contributed by atoms with Gasteiger partial charge in [0.25, 0.3) is 0 Å². The highest BCUT2D eigenvalue weighted by molar-refractivity contribution is 5.90. The summed E-state index contributed by atoms with van der Waals surface area (Å²) in [4.78, 5) is 16.7. The van der Waals surface area contributed by atoms with Crippen LogP contribution < -0.4 is 19.7 Å². The first-order valence-corrected chi connectivity index (χ1v) is 10.8. The second kappa shape index (κ2) is 8.74. The molecule has 0 bridgehead atoms. The first-order chi connectivity index (χ1) is 15.7. The van der Waals surface area contributed by atoms with E-state index in [0.29, 0.717) is 56.6 Å². The number of anilines is 2. The molecule has 32 heavy (non-hydrogen) atoms. The van der Waals surface area contributed by atoms with Gasteiger partial charge in [0, 0.05) is 43.5 Å². The zero-order chi connectivity index (χ0) is 21.9. The van der Waals surface area contributed by atoms with Gasteiger partial charge in [-0.15, -0.1) is 10.2 Å². The Hall–Kier alpha value is -3.81. The van der Waals surface area contributed by atoms with E-state index in [-0.39, 0.29) is 6.03 Å². The molecule has 5 rings (SSSR count). The van der Waals surface area contributed by atoms with Crippen LogP contribution in [0.5, 0.6) is 11.5 Å². The summed E-state index contributed by atoms with van der Waals surface area (Å²) in [7, 11) is 0. The lowest BCUT2D eigenvalue weighted by molar-refractivity contribution is 0.171. The molecule has 1 saturated heterocycles. The van der Waals surface area contributed by atoms with Gasteiger partial charge in [-0.25, -0.2) is 4.79 Å². The Balaban J connectivity index is 1.18. The molecule has 2 amide bonds. The number of nitrogens with zero attached hydrogens (tertiary/aromatic N) is 4. The summed E-state index contributed by atoms with van der Waals surface area (Å²) in [6.45, 7) is 5.75. The number of ether oxygens (including phenoxy) is 2. The highest BCUT2D eigenvalue weighted by Crippen LogP contribution is 2.32. The Morgan fingerprint density at radius 2 is 1.69 bits per heavy atom. The number of urea groups is 1. The van der Waals surface area contributed by atoms with Gasteiger partial charge >= 0.3 is 6.03 Å². The number of rotatable bonds is 3. The molecule has 0 unspecified atom stereocenters. The van der Waals surface area contributed by atoms with E-state index >= 15 is 0 Å². The smallest absolute Gasteiger partial charge is 0.321 e. The van der Waals surface area contributed by atoms with E-state index in [1.165, 1.54) is 5.56 Å². The van der Waals surface area contributed by atoms with Gasteiger partial charge < -0.3 is 24.6 Å². The first-order valence-electron chi connectivity index (χ1n) is 10.8. The number of carbonyl (C=O) groups excluding carboxylic acids is 1. The number of piperazine rings is 1. The maximum atomic E-state index is 12.7. The molecule has 0 saturated carbocycles. The number of hydrogen-bond acceptors (Lipinski definition) is 6. The van der Waals surface area contributed by atoms with Gasteiger partial charge in [0.15, 0.2) is 17.3 Å². The Morgan fingerprint density at radius 1 is 0.906 bits per heavy atom. The van der Waals surface area contributed by atoms with E-state index in [9.17, 15) is 4.79 Å². The van der Waals surface area contributed by atoms with Crippen LogP contribution in [0.3, 0.4) is 0 Å². The van der Waals surface area contributed by atoms with Crippen LogP contribution in [0.15, 0.2) is 54.6 Å². The number of aryl methyl sites for hydroxylation is 1. The summed E-state index contributed by atoms with van der Waals surface area (Å²) in [5.74, 6) is 2.19. The molecule has 8 heteroatoms. The van der Waals surface area contributed by atoms with Crippen LogP contribution in [0.1, 0.15) is 5.56 Å². The van der Waals surface area contributed by atoms with Crippen LogP contribution in [0.4, 0.5) is 16.3 Å². The van der Waals surface area contributed by atoms with Crippen molar-refractivity contribution in [1.29, 1.82) is 0 Å². The number of aromatic nitrogens is 2. The summed E-state index contributed by atoms with van der Waals surface area (Å²) in [5.41, 5.74) is 3.82. The zero-order valence-electron chi connectivity index (χ0n) is 18.0. The first kappa shape index (κ1) is 20.1. The minimum absolute atomic E-state index is 0.123. The molecule has 3 heterocycles. The molecule has 1 aromatic heterocycles. The monoisotopic (exact) mass is 431 g/mol. The maximum Gasteiger partial charge on any atom is 0.321 e. The summed E-state index contributed by atoms with van der Waals surface area (Å²) < 4.78 is 11.1. The molecule has 8 nitrogen and oxygen atoms in total. The maximum absolute atomic E-state index is 12.7. The van der Waals surface area contributed by atoms with E-state index in [4.69, 9.17) is 9.47 Å². The van der Waals surface area contributed by atoms with Gasteiger partial charge in [0.2, 0.25) is 0 Å². The molecule has 0 spiro atoms. The number of carbonyl (C=O) groups is 1. The normalized spacial score (nSPS) is 15.4. The van der Waals surface area contributed by atoms with Crippen molar-refractivity contribution in [1.82, 2.24) is 15.1 Å². The predicted octanol–water partition coefficient (Wildman–Crippen LogP) is 3.58.